The summed E-state index contributed by atoms with van der Waals surface area (Å²) in [4.78, 5) is 38.2. The van der Waals surface area contributed by atoms with Gasteiger partial charge in [-0.15, -0.1) is 0 Å². The minimum absolute atomic E-state index is 0.0203. The van der Waals surface area contributed by atoms with Crippen LogP contribution in [0.1, 0.15) is 24.8 Å². The van der Waals surface area contributed by atoms with E-state index in [-0.39, 0.29) is 43.2 Å². The summed E-state index contributed by atoms with van der Waals surface area (Å²) in [6, 6.07) is 17.9. The zero-order valence-electron chi connectivity index (χ0n) is 16.1. The van der Waals surface area contributed by atoms with Gasteiger partial charge in [0.1, 0.15) is 6.61 Å². The molecular formula is C24H23NO4. The molecule has 4 rings (SSSR count). The van der Waals surface area contributed by atoms with Gasteiger partial charge in [-0.2, -0.15) is 0 Å². The second-order valence-electron chi connectivity index (χ2n) is 7.46. The lowest BCUT2D eigenvalue weighted by Crippen LogP contribution is -2.33. The van der Waals surface area contributed by atoms with Gasteiger partial charge in [-0.3, -0.25) is 19.3 Å². The minimum Gasteiger partial charge on any atom is -0.461 e. The molecule has 5 nitrogen and oxygen atoms in total. The van der Waals surface area contributed by atoms with Crippen molar-refractivity contribution in [3.8, 4) is 11.1 Å². The first-order chi connectivity index (χ1) is 14.1. The van der Waals surface area contributed by atoms with Crippen molar-refractivity contribution in [2.75, 3.05) is 6.54 Å². The van der Waals surface area contributed by atoms with Gasteiger partial charge in [0.2, 0.25) is 11.8 Å². The average molecular weight is 389 g/mol. The first kappa shape index (κ1) is 19.1. The highest BCUT2D eigenvalue weighted by atomic mass is 16.5. The highest BCUT2D eigenvalue weighted by Gasteiger charge is 2.46. The number of carbonyl (C=O) groups is 3. The lowest BCUT2D eigenvalue weighted by molar-refractivity contribution is -0.146. The molecule has 1 heterocycles. The van der Waals surface area contributed by atoms with Crippen molar-refractivity contribution in [3.63, 3.8) is 0 Å². The molecule has 2 aliphatic rings. The summed E-state index contributed by atoms with van der Waals surface area (Å²) >= 11 is 0. The number of fused-ring (bicyclic) bond motifs is 1. The number of hydrogen-bond donors (Lipinski definition) is 0. The van der Waals surface area contributed by atoms with Gasteiger partial charge in [-0.1, -0.05) is 66.7 Å². The quantitative estimate of drug-likeness (QED) is 0.429. The molecule has 29 heavy (non-hydrogen) atoms. The molecule has 0 saturated carbocycles. The summed E-state index contributed by atoms with van der Waals surface area (Å²) in [5, 5.41) is 0. The van der Waals surface area contributed by atoms with Gasteiger partial charge in [0.15, 0.2) is 0 Å². The number of amides is 2. The highest BCUT2D eigenvalue weighted by Crippen LogP contribution is 2.35. The fourth-order valence-electron chi connectivity index (χ4n) is 3.95. The molecule has 5 heteroatoms. The van der Waals surface area contributed by atoms with Crippen LogP contribution in [-0.2, 0) is 25.7 Å². The number of esters is 1. The van der Waals surface area contributed by atoms with E-state index >= 15 is 0 Å². The first-order valence-electron chi connectivity index (χ1n) is 9.93. The predicted octanol–water partition coefficient (Wildman–Crippen LogP) is 3.74. The number of imide groups is 1. The Bertz CT molecular complexity index is 907. The topological polar surface area (TPSA) is 63.7 Å². The van der Waals surface area contributed by atoms with Crippen molar-refractivity contribution >= 4 is 17.8 Å². The fourth-order valence-corrected chi connectivity index (χ4v) is 3.95. The number of rotatable bonds is 6. The Labute approximate surface area is 170 Å². The largest absolute Gasteiger partial charge is 0.461 e. The Balaban J connectivity index is 1.26. The highest BCUT2D eigenvalue weighted by molar-refractivity contribution is 6.05. The Morgan fingerprint density at radius 1 is 0.862 bits per heavy atom. The lowest BCUT2D eigenvalue weighted by atomic mass is 9.85. The van der Waals surface area contributed by atoms with E-state index in [0.29, 0.717) is 12.8 Å². The lowest BCUT2D eigenvalue weighted by Gasteiger charge is -2.14. The molecule has 148 valence electrons. The summed E-state index contributed by atoms with van der Waals surface area (Å²) < 4.78 is 5.32. The molecule has 2 amide bonds. The summed E-state index contributed by atoms with van der Waals surface area (Å²) in [6.07, 6.45) is 5.14. The van der Waals surface area contributed by atoms with Crippen LogP contribution in [0.15, 0.2) is 66.7 Å². The number of allylic oxidation sites excluding steroid dienone is 2. The maximum Gasteiger partial charge on any atom is 0.307 e. The van der Waals surface area contributed by atoms with E-state index in [2.05, 4.69) is 0 Å². The maximum atomic E-state index is 12.4. The summed E-state index contributed by atoms with van der Waals surface area (Å²) in [5.74, 6) is -1.24. The third kappa shape index (κ3) is 4.14. The van der Waals surface area contributed by atoms with Crippen molar-refractivity contribution < 1.29 is 19.1 Å². The van der Waals surface area contributed by atoms with E-state index in [1.165, 1.54) is 4.90 Å². The molecule has 1 fully saturated rings. The van der Waals surface area contributed by atoms with Crippen LogP contribution in [0.3, 0.4) is 0 Å². The van der Waals surface area contributed by atoms with Crippen LogP contribution in [-0.4, -0.2) is 29.2 Å². The fraction of sp³-hybridized carbons (Fsp3) is 0.292. The van der Waals surface area contributed by atoms with Crippen LogP contribution < -0.4 is 0 Å². The molecule has 0 aromatic heterocycles. The van der Waals surface area contributed by atoms with Crippen LogP contribution >= 0.6 is 0 Å². The van der Waals surface area contributed by atoms with Crippen LogP contribution in [0.4, 0.5) is 0 Å². The monoisotopic (exact) mass is 389 g/mol. The molecule has 1 aliphatic heterocycles. The normalized spacial score (nSPS) is 20.6. The Hall–Kier alpha value is -3.21. The average Bonchev–Trinajstić information content (AvgIpc) is 3.02. The van der Waals surface area contributed by atoms with Crippen molar-refractivity contribution in [3.05, 3.63) is 72.3 Å². The van der Waals surface area contributed by atoms with E-state index < -0.39 is 5.97 Å². The van der Waals surface area contributed by atoms with Crippen LogP contribution in [0.5, 0.6) is 0 Å². The summed E-state index contributed by atoms with van der Waals surface area (Å²) in [7, 11) is 0. The molecular weight excluding hydrogens is 366 g/mol. The number of benzene rings is 2. The Morgan fingerprint density at radius 2 is 1.45 bits per heavy atom. The smallest absolute Gasteiger partial charge is 0.307 e. The minimum atomic E-state index is -0.411. The van der Waals surface area contributed by atoms with E-state index in [1.807, 2.05) is 66.7 Å². The van der Waals surface area contributed by atoms with Crippen molar-refractivity contribution in [2.45, 2.75) is 25.9 Å². The van der Waals surface area contributed by atoms with Crippen molar-refractivity contribution in [1.29, 1.82) is 0 Å². The van der Waals surface area contributed by atoms with Gasteiger partial charge in [0, 0.05) is 6.54 Å². The van der Waals surface area contributed by atoms with Crippen molar-refractivity contribution in [1.82, 2.24) is 4.90 Å². The molecule has 0 radical (unpaired) electrons. The third-order valence-corrected chi connectivity index (χ3v) is 5.60. The molecule has 0 bridgehead atoms. The molecule has 2 aromatic rings. The number of nitrogens with zero attached hydrogens (tertiary/aromatic N) is 1. The molecule has 0 spiro atoms. The molecule has 1 saturated heterocycles. The zero-order valence-corrected chi connectivity index (χ0v) is 16.1. The molecule has 2 atom stereocenters. The number of ether oxygens (including phenoxy) is 1. The van der Waals surface area contributed by atoms with E-state index in [4.69, 9.17) is 4.74 Å². The van der Waals surface area contributed by atoms with Gasteiger partial charge in [-0.05, 0) is 29.5 Å². The maximum absolute atomic E-state index is 12.4. The molecule has 2 aromatic carbocycles. The first-order valence-corrected chi connectivity index (χ1v) is 9.93. The Morgan fingerprint density at radius 3 is 2.07 bits per heavy atom. The standard InChI is InChI=1S/C24H23NO4/c26-22(14-15-25-23(27)20-8-4-5-9-21(20)24(25)28)29-16-17-10-12-19(13-11-17)18-6-2-1-3-7-18/h1-7,10-13,20-21H,8-9,14-16H2/t20-,21-/m1/s1. The summed E-state index contributed by atoms with van der Waals surface area (Å²) in [5.41, 5.74) is 3.12. The van der Waals surface area contributed by atoms with E-state index in [0.717, 1.165) is 16.7 Å². The zero-order chi connectivity index (χ0) is 20.2. The number of hydrogen-bond acceptors (Lipinski definition) is 4. The Kier molecular flexibility index (Phi) is 5.56. The molecule has 0 unspecified atom stereocenters. The van der Waals surface area contributed by atoms with Crippen molar-refractivity contribution in [2.24, 2.45) is 11.8 Å². The van der Waals surface area contributed by atoms with Crippen LogP contribution in [0.25, 0.3) is 11.1 Å². The SMILES string of the molecule is O=C(CCN1C(=O)[C@@H]2CC=CC[C@H]2C1=O)OCc1ccc(-c2ccccc2)cc1. The van der Waals surface area contributed by atoms with Gasteiger partial charge < -0.3 is 4.74 Å². The third-order valence-electron chi connectivity index (χ3n) is 5.60. The second kappa shape index (κ2) is 8.43. The van der Waals surface area contributed by atoms with Crippen LogP contribution in [0, 0.1) is 11.8 Å². The van der Waals surface area contributed by atoms with Gasteiger partial charge >= 0.3 is 5.97 Å². The second-order valence-corrected chi connectivity index (χ2v) is 7.46. The van der Waals surface area contributed by atoms with Gasteiger partial charge in [-0.25, -0.2) is 0 Å². The van der Waals surface area contributed by atoms with Crippen LogP contribution in [0.2, 0.25) is 0 Å². The van der Waals surface area contributed by atoms with Gasteiger partial charge in [0.05, 0.1) is 18.3 Å². The molecule has 1 aliphatic carbocycles. The predicted molar refractivity (Wildman–Crippen MR) is 108 cm³/mol. The van der Waals surface area contributed by atoms with Gasteiger partial charge in [0.25, 0.3) is 0 Å². The van der Waals surface area contributed by atoms with E-state index in [1.54, 1.807) is 0 Å². The van der Waals surface area contributed by atoms with E-state index in [9.17, 15) is 14.4 Å². The summed E-state index contributed by atoms with van der Waals surface area (Å²) in [6.45, 7) is 0.265. The number of likely N-dealkylation sites (tertiary alicyclic amines) is 1. The number of carbonyl (C=O) groups excluding carboxylic acids is 3. The molecule has 0 N–H and O–H groups in total.